The maximum atomic E-state index is 12.4. The van der Waals surface area contributed by atoms with Gasteiger partial charge >= 0.3 is 0 Å². The Labute approximate surface area is 177 Å². The van der Waals surface area contributed by atoms with E-state index in [9.17, 15) is 10.1 Å². The molecule has 0 radical (unpaired) electrons. The molecule has 0 heterocycles. The predicted molar refractivity (Wildman–Crippen MR) is 115 cm³/mol. The quantitative estimate of drug-likeness (QED) is 0.335. The molecule has 27 heavy (non-hydrogen) atoms. The molecule has 0 saturated heterocycles. The highest BCUT2D eigenvalue weighted by Crippen LogP contribution is 2.35. The van der Waals surface area contributed by atoms with E-state index in [1.54, 1.807) is 37.4 Å². The summed E-state index contributed by atoms with van der Waals surface area (Å²) < 4.78 is 12.0. The Morgan fingerprint density at radius 1 is 1.33 bits per heavy atom. The summed E-state index contributed by atoms with van der Waals surface area (Å²) in [5.74, 6) is 0.622. The van der Waals surface area contributed by atoms with Crippen molar-refractivity contribution in [3.63, 3.8) is 0 Å². The van der Waals surface area contributed by atoms with Crippen molar-refractivity contribution in [2.24, 2.45) is 0 Å². The number of nitrogens with one attached hydrogen (secondary N) is 1. The summed E-state index contributed by atoms with van der Waals surface area (Å²) in [5, 5.41) is 12.4. The highest BCUT2D eigenvalue weighted by atomic mass is 127. The molecule has 2 aromatic rings. The van der Waals surface area contributed by atoms with E-state index in [4.69, 9.17) is 21.1 Å². The zero-order valence-electron chi connectivity index (χ0n) is 15.0. The van der Waals surface area contributed by atoms with Gasteiger partial charge in [0.15, 0.2) is 11.5 Å². The molecule has 0 atom stereocenters. The van der Waals surface area contributed by atoms with Gasteiger partial charge < -0.3 is 14.8 Å². The summed E-state index contributed by atoms with van der Waals surface area (Å²) in [6.45, 7) is 3.85. The van der Waals surface area contributed by atoms with Gasteiger partial charge in [-0.05, 0) is 72.3 Å². The molecule has 0 aliphatic rings. The first-order chi connectivity index (χ1) is 12.8. The molecule has 0 unspecified atom stereocenters. The molecule has 0 aliphatic heterocycles. The second-order valence-corrected chi connectivity index (χ2v) is 7.37. The summed E-state index contributed by atoms with van der Waals surface area (Å²) in [6, 6.07) is 12.3. The van der Waals surface area contributed by atoms with Crippen LogP contribution in [0.5, 0.6) is 11.5 Å². The Morgan fingerprint density at radius 3 is 2.63 bits per heavy atom. The van der Waals surface area contributed by atoms with Gasteiger partial charge in [0, 0.05) is 0 Å². The van der Waals surface area contributed by atoms with Crippen LogP contribution in [0.25, 0.3) is 6.08 Å². The average Bonchev–Trinajstić information content (AvgIpc) is 2.63. The summed E-state index contributed by atoms with van der Waals surface area (Å²) >= 11 is 8.18. The largest absolute Gasteiger partial charge is 0.493 e. The Kier molecular flexibility index (Phi) is 7.51. The third kappa shape index (κ3) is 5.62. The fourth-order valence-corrected chi connectivity index (χ4v) is 3.18. The molecule has 1 N–H and O–H groups in total. The maximum absolute atomic E-state index is 12.4. The maximum Gasteiger partial charge on any atom is 0.266 e. The SMILES string of the molecule is COc1cc(/C=C(\C#N)C(=O)Nc2ccccc2Cl)cc(I)c1OC(C)C. The van der Waals surface area contributed by atoms with E-state index in [1.165, 1.54) is 6.08 Å². The number of nitrogens with zero attached hydrogens (tertiary/aromatic N) is 1. The zero-order chi connectivity index (χ0) is 20.0. The van der Waals surface area contributed by atoms with Crippen molar-refractivity contribution >= 4 is 51.9 Å². The topological polar surface area (TPSA) is 71.3 Å². The number of benzene rings is 2. The highest BCUT2D eigenvalue weighted by Gasteiger charge is 2.15. The van der Waals surface area contributed by atoms with Crippen LogP contribution in [-0.2, 0) is 4.79 Å². The normalized spacial score (nSPS) is 11.1. The molecular formula is C20H18ClIN2O3. The zero-order valence-corrected chi connectivity index (χ0v) is 18.0. The van der Waals surface area contributed by atoms with Gasteiger partial charge in [-0.3, -0.25) is 4.79 Å². The minimum absolute atomic E-state index is 0.00937. The first-order valence-corrected chi connectivity index (χ1v) is 9.53. The van der Waals surface area contributed by atoms with Crippen molar-refractivity contribution in [3.05, 3.63) is 56.1 Å². The fourth-order valence-electron chi connectivity index (χ4n) is 2.24. The van der Waals surface area contributed by atoms with Gasteiger partial charge in [0.05, 0.1) is 27.5 Å². The minimum atomic E-state index is -0.540. The van der Waals surface area contributed by atoms with Crippen molar-refractivity contribution in [3.8, 4) is 17.6 Å². The van der Waals surface area contributed by atoms with Crippen LogP contribution in [0, 0.1) is 14.9 Å². The molecule has 0 aromatic heterocycles. The van der Waals surface area contributed by atoms with Gasteiger partial charge in [-0.25, -0.2) is 0 Å². The number of hydrogen-bond acceptors (Lipinski definition) is 4. The predicted octanol–water partition coefficient (Wildman–Crippen LogP) is 5.29. The van der Waals surface area contributed by atoms with Crippen LogP contribution in [-0.4, -0.2) is 19.1 Å². The first kappa shape index (κ1) is 21.1. The van der Waals surface area contributed by atoms with Crippen molar-refractivity contribution in [1.29, 1.82) is 5.26 Å². The van der Waals surface area contributed by atoms with Gasteiger partial charge in [-0.2, -0.15) is 5.26 Å². The van der Waals surface area contributed by atoms with E-state index in [2.05, 4.69) is 27.9 Å². The second kappa shape index (κ2) is 9.62. The Bertz CT molecular complexity index is 920. The Balaban J connectivity index is 2.34. The number of carbonyl (C=O) groups excluding carboxylic acids is 1. The number of hydrogen-bond donors (Lipinski definition) is 1. The molecular weight excluding hydrogens is 479 g/mol. The number of amides is 1. The molecule has 7 heteroatoms. The fraction of sp³-hybridized carbons (Fsp3) is 0.200. The van der Waals surface area contributed by atoms with Crippen LogP contribution in [0.2, 0.25) is 5.02 Å². The lowest BCUT2D eigenvalue weighted by molar-refractivity contribution is -0.112. The summed E-state index contributed by atoms with van der Waals surface area (Å²) in [6.07, 6.45) is 1.49. The van der Waals surface area contributed by atoms with E-state index < -0.39 is 5.91 Å². The average molecular weight is 497 g/mol. The van der Waals surface area contributed by atoms with Crippen molar-refractivity contribution < 1.29 is 14.3 Å². The van der Waals surface area contributed by atoms with Crippen LogP contribution >= 0.6 is 34.2 Å². The number of carbonyl (C=O) groups is 1. The molecule has 0 fully saturated rings. The number of rotatable bonds is 6. The first-order valence-electron chi connectivity index (χ1n) is 8.07. The van der Waals surface area contributed by atoms with Crippen LogP contribution in [0.3, 0.4) is 0 Å². The number of methoxy groups -OCH3 is 1. The van der Waals surface area contributed by atoms with E-state index in [-0.39, 0.29) is 11.7 Å². The van der Waals surface area contributed by atoms with Crippen LogP contribution < -0.4 is 14.8 Å². The highest BCUT2D eigenvalue weighted by molar-refractivity contribution is 14.1. The lowest BCUT2D eigenvalue weighted by Gasteiger charge is -2.16. The lowest BCUT2D eigenvalue weighted by atomic mass is 10.1. The molecule has 0 bridgehead atoms. The van der Waals surface area contributed by atoms with Crippen LogP contribution in [0.4, 0.5) is 5.69 Å². The van der Waals surface area contributed by atoms with Gasteiger partial charge in [0.1, 0.15) is 11.6 Å². The molecule has 2 aromatic carbocycles. The Morgan fingerprint density at radius 2 is 2.04 bits per heavy atom. The number of para-hydroxylation sites is 1. The Hall–Kier alpha value is -2.24. The summed E-state index contributed by atoms with van der Waals surface area (Å²) in [4.78, 5) is 12.4. The minimum Gasteiger partial charge on any atom is -0.493 e. The summed E-state index contributed by atoms with van der Waals surface area (Å²) in [7, 11) is 1.54. The van der Waals surface area contributed by atoms with Crippen molar-refractivity contribution in [1.82, 2.24) is 0 Å². The van der Waals surface area contributed by atoms with Crippen LogP contribution in [0.1, 0.15) is 19.4 Å². The molecule has 0 saturated carbocycles. The number of anilines is 1. The van der Waals surface area contributed by atoms with E-state index in [0.717, 1.165) is 3.57 Å². The summed E-state index contributed by atoms with van der Waals surface area (Å²) in [5.41, 5.74) is 1.04. The molecule has 0 aliphatic carbocycles. The van der Waals surface area contributed by atoms with Gasteiger partial charge in [-0.1, -0.05) is 23.7 Å². The van der Waals surface area contributed by atoms with Gasteiger partial charge in [0.2, 0.25) is 0 Å². The molecule has 1 amide bonds. The number of halogens is 2. The molecule has 140 valence electrons. The number of ether oxygens (including phenoxy) is 2. The van der Waals surface area contributed by atoms with E-state index in [1.807, 2.05) is 26.0 Å². The van der Waals surface area contributed by atoms with Gasteiger partial charge in [0.25, 0.3) is 5.91 Å². The van der Waals surface area contributed by atoms with Crippen LogP contribution in [0.15, 0.2) is 42.0 Å². The standard InChI is InChI=1S/C20H18ClIN2O3/c1-12(2)27-19-16(22)9-13(10-18(19)26-3)8-14(11-23)20(25)24-17-7-5-4-6-15(17)21/h4-10,12H,1-3H3,(H,24,25)/b14-8+. The van der Waals surface area contributed by atoms with Crippen molar-refractivity contribution in [2.75, 3.05) is 12.4 Å². The molecule has 5 nitrogen and oxygen atoms in total. The smallest absolute Gasteiger partial charge is 0.266 e. The monoisotopic (exact) mass is 496 g/mol. The third-order valence-electron chi connectivity index (χ3n) is 3.40. The van der Waals surface area contributed by atoms with Crippen molar-refractivity contribution in [2.45, 2.75) is 20.0 Å². The molecule has 2 rings (SSSR count). The number of nitriles is 1. The third-order valence-corrected chi connectivity index (χ3v) is 4.53. The second-order valence-electron chi connectivity index (χ2n) is 5.80. The van der Waals surface area contributed by atoms with E-state index in [0.29, 0.717) is 27.8 Å². The van der Waals surface area contributed by atoms with Gasteiger partial charge in [-0.15, -0.1) is 0 Å². The van der Waals surface area contributed by atoms with E-state index >= 15 is 0 Å². The lowest BCUT2D eigenvalue weighted by Crippen LogP contribution is -2.13. The molecule has 0 spiro atoms.